The molecule has 5 saturated carbocycles. The molecule has 0 atom stereocenters. The van der Waals surface area contributed by atoms with Gasteiger partial charge in [-0.15, -0.1) is 16.8 Å². The van der Waals surface area contributed by atoms with Crippen molar-refractivity contribution in [1.82, 2.24) is 20.1 Å². The first-order valence-electron chi connectivity index (χ1n) is 12.1. The molecule has 0 aromatic carbocycles. The monoisotopic (exact) mass is 428 g/mol. The van der Waals surface area contributed by atoms with Gasteiger partial charge in [-0.25, -0.2) is 0 Å². The third-order valence-corrected chi connectivity index (χ3v) is 9.15. The van der Waals surface area contributed by atoms with E-state index in [1.807, 2.05) is 6.08 Å². The Labute approximate surface area is 184 Å². The Morgan fingerprint density at radius 2 is 1.77 bits per heavy atom. The number of amides is 1. The summed E-state index contributed by atoms with van der Waals surface area (Å²) in [5, 5.41) is 13.1. The fraction of sp³-hybridized carbons (Fsp3) is 0.792. The molecule has 30 heavy (non-hydrogen) atoms. The van der Waals surface area contributed by atoms with Gasteiger partial charge in [-0.1, -0.05) is 37.1 Å². The largest absolute Gasteiger partial charge is 0.355 e. The summed E-state index contributed by atoms with van der Waals surface area (Å²) < 4.78 is 2.18. The van der Waals surface area contributed by atoms with E-state index in [2.05, 4.69) is 26.7 Å². The van der Waals surface area contributed by atoms with E-state index in [0.717, 1.165) is 41.8 Å². The molecule has 0 unspecified atom stereocenters. The Balaban J connectivity index is 1.16. The zero-order valence-corrected chi connectivity index (χ0v) is 19.0. The Morgan fingerprint density at radius 3 is 2.40 bits per heavy atom. The molecule has 1 amide bonds. The van der Waals surface area contributed by atoms with Gasteiger partial charge < -0.3 is 9.88 Å². The van der Waals surface area contributed by atoms with E-state index in [0.29, 0.717) is 17.1 Å². The van der Waals surface area contributed by atoms with E-state index in [1.165, 1.54) is 82.4 Å². The minimum Gasteiger partial charge on any atom is -0.355 e. The highest BCUT2D eigenvalue weighted by atomic mass is 32.2. The van der Waals surface area contributed by atoms with Crippen LogP contribution >= 0.6 is 11.8 Å². The number of carbonyl (C=O) groups is 1. The highest BCUT2D eigenvalue weighted by Crippen LogP contribution is 2.59. The van der Waals surface area contributed by atoms with Gasteiger partial charge in [-0.3, -0.25) is 4.79 Å². The summed E-state index contributed by atoms with van der Waals surface area (Å²) in [5.41, 5.74) is 0.395. The van der Waals surface area contributed by atoms with Gasteiger partial charge in [0.15, 0.2) is 5.16 Å². The van der Waals surface area contributed by atoms with Crippen molar-refractivity contribution in [3.8, 4) is 0 Å². The van der Waals surface area contributed by atoms with Crippen LogP contribution in [0.5, 0.6) is 0 Å². The molecule has 1 heterocycles. The van der Waals surface area contributed by atoms with Crippen LogP contribution in [0, 0.1) is 23.2 Å². The maximum Gasteiger partial charge on any atom is 0.230 e. The highest BCUT2D eigenvalue weighted by Gasteiger charge is 2.50. The Morgan fingerprint density at radius 1 is 1.10 bits per heavy atom. The third-order valence-electron chi connectivity index (χ3n) is 8.19. The fourth-order valence-corrected chi connectivity index (χ4v) is 8.13. The summed E-state index contributed by atoms with van der Waals surface area (Å²) in [7, 11) is 0. The summed E-state index contributed by atoms with van der Waals surface area (Å²) in [5.74, 6) is 4.95. The minimum atomic E-state index is 0.142. The highest BCUT2D eigenvalue weighted by molar-refractivity contribution is 7.99. The summed E-state index contributed by atoms with van der Waals surface area (Å²) in [6.45, 7) is 5.51. The van der Waals surface area contributed by atoms with E-state index in [9.17, 15) is 4.79 Å². The molecule has 4 bridgehead atoms. The molecule has 5 nitrogen and oxygen atoms in total. The number of nitrogens with one attached hydrogen (secondary N) is 1. The molecule has 5 fully saturated rings. The normalized spacial score (nSPS) is 33.0. The van der Waals surface area contributed by atoms with Crippen molar-refractivity contribution in [3.63, 3.8) is 0 Å². The van der Waals surface area contributed by atoms with Crippen molar-refractivity contribution in [1.29, 1.82) is 0 Å². The number of aromatic nitrogens is 3. The molecular weight excluding hydrogens is 392 g/mol. The first kappa shape index (κ1) is 20.6. The lowest BCUT2D eigenvalue weighted by molar-refractivity contribution is -0.120. The quantitative estimate of drug-likeness (QED) is 0.471. The molecule has 1 aromatic rings. The number of hydrogen-bond donors (Lipinski definition) is 1. The predicted octanol–water partition coefficient (Wildman–Crippen LogP) is 4.94. The standard InChI is InChI=1S/C24H36N4OS/c1-2-8-28-22(20-6-4-3-5-7-20)26-27-23(28)30-15-21(29)25-16-24-12-17-9-18(13-24)11-19(10-17)14-24/h2,17-20H,1,3-16H2,(H,25,29). The topological polar surface area (TPSA) is 59.8 Å². The second-order valence-electron chi connectivity index (χ2n) is 10.6. The van der Waals surface area contributed by atoms with Crippen LogP contribution < -0.4 is 5.32 Å². The molecule has 0 saturated heterocycles. The molecule has 164 valence electrons. The van der Waals surface area contributed by atoms with Crippen molar-refractivity contribution in [2.24, 2.45) is 23.2 Å². The maximum absolute atomic E-state index is 12.7. The van der Waals surface area contributed by atoms with E-state index < -0.39 is 0 Å². The number of rotatable bonds is 8. The van der Waals surface area contributed by atoms with Gasteiger partial charge in [0, 0.05) is 19.0 Å². The molecule has 6 rings (SSSR count). The van der Waals surface area contributed by atoms with Crippen molar-refractivity contribution < 1.29 is 4.79 Å². The van der Waals surface area contributed by atoms with Gasteiger partial charge in [-0.2, -0.15) is 0 Å². The molecule has 0 radical (unpaired) electrons. The summed E-state index contributed by atoms with van der Waals surface area (Å²) >= 11 is 1.53. The number of nitrogens with zero attached hydrogens (tertiary/aromatic N) is 3. The van der Waals surface area contributed by atoms with Crippen molar-refractivity contribution in [3.05, 3.63) is 18.5 Å². The second kappa shape index (κ2) is 8.68. The van der Waals surface area contributed by atoms with Crippen LogP contribution in [0.15, 0.2) is 17.8 Å². The van der Waals surface area contributed by atoms with E-state index in [-0.39, 0.29) is 5.91 Å². The van der Waals surface area contributed by atoms with Gasteiger partial charge >= 0.3 is 0 Å². The lowest BCUT2D eigenvalue weighted by atomic mass is 9.49. The van der Waals surface area contributed by atoms with Gasteiger partial charge in [0.05, 0.1) is 5.75 Å². The van der Waals surface area contributed by atoms with Gasteiger partial charge in [0.2, 0.25) is 5.91 Å². The summed E-state index contributed by atoms with van der Waals surface area (Å²) in [6, 6.07) is 0. The zero-order chi connectivity index (χ0) is 20.6. The molecule has 5 aliphatic rings. The Bertz CT molecular complexity index is 747. The molecule has 0 spiro atoms. The van der Waals surface area contributed by atoms with Crippen LogP contribution in [0.3, 0.4) is 0 Å². The van der Waals surface area contributed by atoms with Crippen LogP contribution in [0.1, 0.15) is 82.4 Å². The lowest BCUT2D eigenvalue weighted by Crippen LogP contribution is -2.51. The molecule has 1 aromatic heterocycles. The molecule has 5 aliphatic carbocycles. The Kier molecular flexibility index (Phi) is 5.96. The molecular formula is C24H36N4OS. The van der Waals surface area contributed by atoms with Gasteiger partial charge in [-0.05, 0) is 74.5 Å². The lowest BCUT2D eigenvalue weighted by Gasteiger charge is -2.56. The fourth-order valence-electron chi connectivity index (χ4n) is 7.34. The number of carbonyl (C=O) groups excluding carboxylic acids is 1. The number of thioether (sulfide) groups is 1. The first-order chi connectivity index (χ1) is 14.6. The average Bonchev–Trinajstić information content (AvgIpc) is 3.13. The van der Waals surface area contributed by atoms with Crippen LogP contribution in [-0.4, -0.2) is 33.0 Å². The van der Waals surface area contributed by atoms with E-state index in [4.69, 9.17) is 0 Å². The Hall–Kier alpha value is -1.30. The molecule has 1 N–H and O–H groups in total. The van der Waals surface area contributed by atoms with E-state index >= 15 is 0 Å². The maximum atomic E-state index is 12.7. The number of hydrogen-bond acceptors (Lipinski definition) is 4. The van der Waals surface area contributed by atoms with Gasteiger partial charge in [0.25, 0.3) is 0 Å². The van der Waals surface area contributed by atoms with E-state index in [1.54, 1.807) is 0 Å². The third kappa shape index (κ3) is 4.21. The first-order valence-corrected chi connectivity index (χ1v) is 13.1. The average molecular weight is 429 g/mol. The SMILES string of the molecule is C=CCn1c(SCC(=O)NCC23CC4CC(CC(C4)C2)C3)nnc1C1CCCCC1. The van der Waals surface area contributed by atoms with Crippen LogP contribution in [0.25, 0.3) is 0 Å². The smallest absolute Gasteiger partial charge is 0.230 e. The number of allylic oxidation sites excluding steroid dienone is 1. The summed E-state index contributed by atoms with van der Waals surface area (Å²) in [6.07, 6.45) is 16.6. The molecule has 0 aliphatic heterocycles. The minimum absolute atomic E-state index is 0.142. The van der Waals surface area contributed by atoms with Gasteiger partial charge in [0.1, 0.15) is 5.82 Å². The van der Waals surface area contributed by atoms with Crippen molar-refractivity contribution in [2.75, 3.05) is 12.3 Å². The van der Waals surface area contributed by atoms with Crippen molar-refractivity contribution in [2.45, 2.75) is 88.2 Å². The summed E-state index contributed by atoms with van der Waals surface area (Å²) in [4.78, 5) is 12.7. The van der Waals surface area contributed by atoms with Crippen LogP contribution in [-0.2, 0) is 11.3 Å². The predicted molar refractivity (Wildman–Crippen MR) is 120 cm³/mol. The van der Waals surface area contributed by atoms with Crippen LogP contribution in [0.2, 0.25) is 0 Å². The molecule has 6 heteroatoms. The van der Waals surface area contributed by atoms with Crippen molar-refractivity contribution >= 4 is 17.7 Å². The van der Waals surface area contributed by atoms with Crippen LogP contribution in [0.4, 0.5) is 0 Å². The second-order valence-corrected chi connectivity index (χ2v) is 11.5. The zero-order valence-electron chi connectivity index (χ0n) is 18.2.